The van der Waals surface area contributed by atoms with Crippen LogP contribution in [0.5, 0.6) is 0 Å². The molecule has 4 nitrogen and oxygen atoms in total. The molecule has 1 aliphatic heterocycles. The van der Waals surface area contributed by atoms with Gasteiger partial charge in [0.05, 0.1) is 17.6 Å². The molecule has 5 heteroatoms. The topological polar surface area (TPSA) is 64.3 Å². The van der Waals surface area contributed by atoms with Gasteiger partial charge in [0.15, 0.2) is 0 Å². The van der Waals surface area contributed by atoms with E-state index >= 15 is 0 Å². The molecule has 0 aromatic heterocycles. The molecule has 1 atom stereocenters. The number of nitriles is 1. The molecule has 1 unspecified atom stereocenters. The number of carbonyl (C=O) groups is 1. The summed E-state index contributed by atoms with van der Waals surface area (Å²) in [6, 6.07) is 6.23. The molecule has 1 aromatic carbocycles. The maximum absolute atomic E-state index is 13.7. The Kier molecular flexibility index (Phi) is 4.13. The summed E-state index contributed by atoms with van der Waals surface area (Å²) in [4.78, 5) is 12.9. The Hall–Kier alpha value is -1.93. The third-order valence-corrected chi connectivity index (χ3v) is 3.42. The average molecular weight is 262 g/mol. The molecule has 0 spiro atoms. The molecule has 1 aliphatic rings. The zero-order valence-electron chi connectivity index (χ0n) is 10.5. The number of likely N-dealkylation sites (tertiary alicyclic amines) is 1. The monoisotopic (exact) mass is 262 g/mol. The van der Waals surface area contributed by atoms with Gasteiger partial charge in [0.1, 0.15) is 5.82 Å². The van der Waals surface area contributed by atoms with Crippen molar-refractivity contribution in [1.29, 1.82) is 5.26 Å². The number of carboxylic acid groups (broad SMARTS) is 1. The van der Waals surface area contributed by atoms with Crippen LogP contribution in [-0.4, -0.2) is 29.1 Å². The molecule has 0 saturated carbocycles. The summed E-state index contributed by atoms with van der Waals surface area (Å²) in [7, 11) is 0. The second kappa shape index (κ2) is 5.81. The number of halogens is 1. The van der Waals surface area contributed by atoms with Gasteiger partial charge in [-0.1, -0.05) is 0 Å². The first-order valence-electron chi connectivity index (χ1n) is 6.24. The Labute approximate surface area is 111 Å². The Morgan fingerprint density at radius 2 is 2.37 bits per heavy atom. The molecular formula is C14H15FN2O2. The van der Waals surface area contributed by atoms with Gasteiger partial charge >= 0.3 is 5.97 Å². The van der Waals surface area contributed by atoms with Crippen LogP contribution in [0.15, 0.2) is 18.2 Å². The van der Waals surface area contributed by atoms with Gasteiger partial charge in [-0.05, 0) is 37.6 Å². The number of hydrogen-bond acceptors (Lipinski definition) is 3. The third kappa shape index (κ3) is 3.30. The Balaban J connectivity index is 2.08. The zero-order valence-corrected chi connectivity index (χ0v) is 10.5. The van der Waals surface area contributed by atoms with Crippen molar-refractivity contribution in [3.8, 4) is 6.07 Å². The standard InChI is InChI=1S/C14H15FN2O2/c15-13-4-3-10(7-16)6-12(13)9-17-5-1-2-11(8-17)14(18)19/h3-4,6,11H,1-2,5,8-9H2,(H,18,19). The highest BCUT2D eigenvalue weighted by atomic mass is 19.1. The molecule has 0 amide bonds. The van der Waals surface area contributed by atoms with E-state index < -0.39 is 5.97 Å². The van der Waals surface area contributed by atoms with Crippen molar-refractivity contribution >= 4 is 5.97 Å². The molecule has 0 aliphatic carbocycles. The highest BCUT2D eigenvalue weighted by Crippen LogP contribution is 2.20. The van der Waals surface area contributed by atoms with E-state index in [0.29, 0.717) is 30.6 Å². The molecule has 1 heterocycles. The zero-order chi connectivity index (χ0) is 13.8. The van der Waals surface area contributed by atoms with Crippen LogP contribution in [0.2, 0.25) is 0 Å². The van der Waals surface area contributed by atoms with Gasteiger partial charge in [0, 0.05) is 18.7 Å². The minimum atomic E-state index is -0.795. The van der Waals surface area contributed by atoms with Crippen LogP contribution in [0.1, 0.15) is 24.0 Å². The fourth-order valence-corrected chi connectivity index (χ4v) is 2.41. The lowest BCUT2D eigenvalue weighted by Crippen LogP contribution is -2.38. The number of piperidine rings is 1. The maximum Gasteiger partial charge on any atom is 0.307 e. The molecule has 2 rings (SSSR count). The van der Waals surface area contributed by atoms with Gasteiger partial charge in [0.2, 0.25) is 0 Å². The highest BCUT2D eigenvalue weighted by Gasteiger charge is 2.25. The molecule has 1 saturated heterocycles. The van der Waals surface area contributed by atoms with Crippen LogP contribution in [0.4, 0.5) is 4.39 Å². The van der Waals surface area contributed by atoms with E-state index in [1.807, 2.05) is 11.0 Å². The van der Waals surface area contributed by atoms with Gasteiger partial charge in [-0.3, -0.25) is 9.69 Å². The van der Waals surface area contributed by atoms with Crippen LogP contribution in [0.25, 0.3) is 0 Å². The Morgan fingerprint density at radius 3 is 3.05 bits per heavy atom. The van der Waals surface area contributed by atoms with Crippen LogP contribution in [0.3, 0.4) is 0 Å². The van der Waals surface area contributed by atoms with Gasteiger partial charge in [-0.15, -0.1) is 0 Å². The predicted octanol–water partition coefficient (Wildman–Crippen LogP) is 1.99. The summed E-state index contributed by atoms with van der Waals surface area (Å²) < 4.78 is 13.7. The summed E-state index contributed by atoms with van der Waals surface area (Å²) in [6.07, 6.45) is 1.48. The van der Waals surface area contributed by atoms with Crippen LogP contribution in [0, 0.1) is 23.1 Å². The van der Waals surface area contributed by atoms with E-state index in [0.717, 1.165) is 13.0 Å². The molecule has 1 fully saturated rings. The van der Waals surface area contributed by atoms with Crippen LogP contribution >= 0.6 is 0 Å². The minimum absolute atomic E-state index is 0.351. The van der Waals surface area contributed by atoms with Gasteiger partial charge < -0.3 is 5.11 Å². The van der Waals surface area contributed by atoms with Gasteiger partial charge in [0.25, 0.3) is 0 Å². The third-order valence-electron chi connectivity index (χ3n) is 3.42. The summed E-state index contributed by atoms with van der Waals surface area (Å²) in [6.45, 7) is 1.55. The Morgan fingerprint density at radius 1 is 1.58 bits per heavy atom. The quantitative estimate of drug-likeness (QED) is 0.904. The van der Waals surface area contributed by atoms with E-state index in [-0.39, 0.29) is 11.7 Å². The van der Waals surface area contributed by atoms with E-state index in [4.69, 9.17) is 10.4 Å². The van der Waals surface area contributed by atoms with Gasteiger partial charge in [-0.25, -0.2) is 4.39 Å². The highest BCUT2D eigenvalue weighted by molar-refractivity contribution is 5.70. The SMILES string of the molecule is N#Cc1ccc(F)c(CN2CCCC(C(=O)O)C2)c1. The molecule has 1 aromatic rings. The molecule has 1 N–H and O–H groups in total. The number of aliphatic carboxylic acids is 1. The smallest absolute Gasteiger partial charge is 0.307 e. The number of benzene rings is 1. The second-order valence-electron chi connectivity index (χ2n) is 4.83. The number of nitrogens with zero attached hydrogens (tertiary/aromatic N) is 2. The van der Waals surface area contributed by atoms with E-state index in [1.165, 1.54) is 18.2 Å². The van der Waals surface area contributed by atoms with E-state index in [9.17, 15) is 9.18 Å². The first-order valence-corrected chi connectivity index (χ1v) is 6.24. The molecule has 19 heavy (non-hydrogen) atoms. The van der Waals surface area contributed by atoms with Crippen molar-refractivity contribution in [3.05, 3.63) is 35.1 Å². The summed E-state index contributed by atoms with van der Waals surface area (Å²) >= 11 is 0. The number of hydrogen-bond donors (Lipinski definition) is 1. The van der Waals surface area contributed by atoms with Crippen LogP contribution < -0.4 is 0 Å². The normalized spacial score (nSPS) is 19.9. The molecule has 0 radical (unpaired) electrons. The summed E-state index contributed by atoms with van der Waals surface area (Å²) in [5.74, 6) is -1.52. The predicted molar refractivity (Wildman–Crippen MR) is 66.8 cm³/mol. The number of carboxylic acids is 1. The molecule has 100 valence electrons. The van der Waals surface area contributed by atoms with Crippen molar-refractivity contribution in [3.63, 3.8) is 0 Å². The second-order valence-corrected chi connectivity index (χ2v) is 4.83. The lowest BCUT2D eigenvalue weighted by Gasteiger charge is -2.30. The Bertz CT molecular complexity index is 525. The van der Waals surface area contributed by atoms with Crippen molar-refractivity contribution in [2.24, 2.45) is 5.92 Å². The lowest BCUT2D eigenvalue weighted by atomic mass is 9.97. The largest absolute Gasteiger partial charge is 0.481 e. The fourth-order valence-electron chi connectivity index (χ4n) is 2.41. The van der Waals surface area contributed by atoms with Crippen LogP contribution in [-0.2, 0) is 11.3 Å². The summed E-state index contributed by atoms with van der Waals surface area (Å²) in [5.41, 5.74) is 0.869. The summed E-state index contributed by atoms with van der Waals surface area (Å²) in [5, 5.41) is 17.8. The maximum atomic E-state index is 13.7. The first-order chi connectivity index (χ1) is 9.10. The molecule has 0 bridgehead atoms. The van der Waals surface area contributed by atoms with Gasteiger partial charge in [-0.2, -0.15) is 5.26 Å². The minimum Gasteiger partial charge on any atom is -0.481 e. The lowest BCUT2D eigenvalue weighted by molar-refractivity contribution is -0.143. The van der Waals surface area contributed by atoms with Crippen molar-refractivity contribution in [2.75, 3.05) is 13.1 Å². The number of rotatable bonds is 3. The van der Waals surface area contributed by atoms with Crippen molar-refractivity contribution in [2.45, 2.75) is 19.4 Å². The van der Waals surface area contributed by atoms with Crippen molar-refractivity contribution < 1.29 is 14.3 Å². The van der Waals surface area contributed by atoms with Crippen molar-refractivity contribution in [1.82, 2.24) is 4.90 Å². The van der Waals surface area contributed by atoms with E-state index in [1.54, 1.807) is 0 Å². The average Bonchev–Trinajstić information content (AvgIpc) is 2.41. The first kappa shape index (κ1) is 13.5. The fraction of sp³-hybridized carbons (Fsp3) is 0.429. The molecular weight excluding hydrogens is 247 g/mol. The van der Waals surface area contributed by atoms with E-state index in [2.05, 4.69) is 0 Å².